The fraction of sp³-hybridized carbons (Fsp3) is 0.304. The fourth-order valence-electron chi connectivity index (χ4n) is 4.16. The third-order valence-corrected chi connectivity index (χ3v) is 7.16. The van der Waals surface area contributed by atoms with Crippen molar-refractivity contribution >= 4 is 44.8 Å². The fourth-order valence-corrected chi connectivity index (χ4v) is 5.15. The van der Waals surface area contributed by atoms with Crippen LogP contribution in [-0.4, -0.2) is 52.4 Å². The number of aryl methyl sites for hydroxylation is 2. The SMILES string of the molecule is Cc1cc2nc3sc(=Cc4ccc(N5CCN(C)CC5)c([N+](=O)[O-])c4)c(=O)n3c2cc1C. The van der Waals surface area contributed by atoms with Crippen LogP contribution in [0.1, 0.15) is 16.7 Å². The molecule has 1 fully saturated rings. The van der Waals surface area contributed by atoms with Gasteiger partial charge in [0.05, 0.1) is 20.5 Å². The Kier molecular flexibility index (Phi) is 4.94. The molecule has 4 aromatic rings. The number of aromatic nitrogens is 2. The highest BCUT2D eigenvalue weighted by Gasteiger charge is 2.23. The van der Waals surface area contributed by atoms with E-state index in [1.807, 2.05) is 39.1 Å². The number of benzene rings is 2. The number of fused-ring (bicyclic) bond motifs is 3. The van der Waals surface area contributed by atoms with Crippen LogP contribution in [0.15, 0.2) is 35.1 Å². The minimum Gasteiger partial charge on any atom is -0.363 e. The van der Waals surface area contributed by atoms with E-state index in [4.69, 9.17) is 0 Å². The van der Waals surface area contributed by atoms with E-state index in [-0.39, 0.29) is 16.2 Å². The molecule has 32 heavy (non-hydrogen) atoms. The zero-order valence-electron chi connectivity index (χ0n) is 18.2. The zero-order chi connectivity index (χ0) is 22.6. The molecule has 5 rings (SSSR count). The summed E-state index contributed by atoms with van der Waals surface area (Å²) in [4.78, 5) is 34.1. The standard InChI is InChI=1S/C23H23N5O3S/c1-14-10-17-19(11-15(14)2)27-22(29)21(32-23(27)24-17)13-16-4-5-18(20(12-16)28(30)31)26-8-6-25(3)7-9-26/h4-5,10-13H,6-9H2,1-3H3. The Morgan fingerprint density at radius 2 is 1.81 bits per heavy atom. The Morgan fingerprint density at radius 1 is 1.09 bits per heavy atom. The second-order valence-corrected chi connectivity index (χ2v) is 9.38. The summed E-state index contributed by atoms with van der Waals surface area (Å²) in [6, 6.07) is 9.17. The Balaban J connectivity index is 1.59. The Hall–Kier alpha value is -3.30. The molecule has 0 amide bonds. The quantitative estimate of drug-likeness (QED) is 0.353. The molecule has 3 heterocycles. The number of nitro benzene ring substituents is 1. The number of imidazole rings is 1. The van der Waals surface area contributed by atoms with Gasteiger partial charge in [-0.1, -0.05) is 17.4 Å². The number of hydrogen-bond acceptors (Lipinski definition) is 7. The summed E-state index contributed by atoms with van der Waals surface area (Å²) in [6.45, 7) is 7.27. The topological polar surface area (TPSA) is 84.0 Å². The van der Waals surface area contributed by atoms with Gasteiger partial charge in [0.15, 0.2) is 4.96 Å². The van der Waals surface area contributed by atoms with E-state index in [1.54, 1.807) is 22.6 Å². The van der Waals surface area contributed by atoms with Crippen molar-refractivity contribution in [3.05, 3.63) is 72.0 Å². The number of nitrogens with zero attached hydrogens (tertiary/aromatic N) is 5. The molecule has 8 nitrogen and oxygen atoms in total. The number of thiazole rings is 1. The zero-order valence-corrected chi connectivity index (χ0v) is 19.0. The van der Waals surface area contributed by atoms with E-state index >= 15 is 0 Å². The molecule has 0 radical (unpaired) electrons. The van der Waals surface area contributed by atoms with Crippen molar-refractivity contribution < 1.29 is 4.92 Å². The van der Waals surface area contributed by atoms with Gasteiger partial charge >= 0.3 is 0 Å². The Morgan fingerprint density at radius 3 is 2.53 bits per heavy atom. The van der Waals surface area contributed by atoms with Crippen LogP contribution < -0.4 is 15.0 Å². The van der Waals surface area contributed by atoms with Gasteiger partial charge in [0.25, 0.3) is 11.2 Å². The van der Waals surface area contributed by atoms with Crippen molar-refractivity contribution in [1.82, 2.24) is 14.3 Å². The maximum atomic E-state index is 13.1. The highest BCUT2D eigenvalue weighted by molar-refractivity contribution is 7.15. The molecular weight excluding hydrogens is 426 g/mol. The van der Waals surface area contributed by atoms with Gasteiger partial charge in [-0.2, -0.15) is 0 Å². The molecule has 9 heteroatoms. The third kappa shape index (κ3) is 3.43. The van der Waals surface area contributed by atoms with Crippen molar-refractivity contribution in [1.29, 1.82) is 0 Å². The van der Waals surface area contributed by atoms with Gasteiger partial charge in [0.1, 0.15) is 5.69 Å². The summed E-state index contributed by atoms with van der Waals surface area (Å²) < 4.78 is 2.14. The smallest absolute Gasteiger partial charge is 0.293 e. The molecule has 0 unspecified atom stereocenters. The van der Waals surface area contributed by atoms with Gasteiger partial charge in [-0.05, 0) is 61.9 Å². The molecule has 0 saturated carbocycles. The molecule has 2 aromatic heterocycles. The van der Waals surface area contributed by atoms with Gasteiger partial charge in [0.2, 0.25) is 0 Å². The molecule has 0 spiro atoms. The highest BCUT2D eigenvalue weighted by Crippen LogP contribution is 2.30. The van der Waals surface area contributed by atoms with E-state index in [9.17, 15) is 14.9 Å². The summed E-state index contributed by atoms with van der Waals surface area (Å²) in [7, 11) is 2.05. The number of hydrogen-bond donors (Lipinski definition) is 0. The summed E-state index contributed by atoms with van der Waals surface area (Å²) >= 11 is 1.30. The molecule has 0 N–H and O–H groups in total. The molecule has 0 atom stereocenters. The van der Waals surface area contributed by atoms with Gasteiger partial charge in [-0.15, -0.1) is 0 Å². The van der Waals surface area contributed by atoms with Crippen molar-refractivity contribution in [2.45, 2.75) is 13.8 Å². The highest BCUT2D eigenvalue weighted by atomic mass is 32.1. The number of likely N-dealkylation sites (N-methyl/N-ethyl adjacent to an activating group) is 1. The average molecular weight is 450 g/mol. The van der Waals surface area contributed by atoms with Crippen LogP contribution in [0.3, 0.4) is 0 Å². The molecule has 2 aromatic carbocycles. The van der Waals surface area contributed by atoms with Crippen LogP contribution in [0.2, 0.25) is 0 Å². The van der Waals surface area contributed by atoms with Crippen molar-refractivity contribution in [3.63, 3.8) is 0 Å². The molecule has 1 aliphatic heterocycles. The van der Waals surface area contributed by atoms with Gasteiger partial charge in [-0.25, -0.2) is 9.38 Å². The Labute approximate surface area is 188 Å². The first-order valence-corrected chi connectivity index (χ1v) is 11.3. The largest absolute Gasteiger partial charge is 0.363 e. The molecular formula is C23H23N5O3S. The maximum absolute atomic E-state index is 13.1. The van der Waals surface area contributed by atoms with Crippen LogP contribution in [0.25, 0.3) is 22.1 Å². The third-order valence-electron chi connectivity index (χ3n) is 6.19. The predicted octanol–water partition coefficient (Wildman–Crippen LogP) is 2.73. The predicted molar refractivity (Wildman–Crippen MR) is 128 cm³/mol. The van der Waals surface area contributed by atoms with Gasteiger partial charge < -0.3 is 9.80 Å². The molecule has 0 bridgehead atoms. The van der Waals surface area contributed by atoms with E-state index in [0.717, 1.165) is 48.3 Å². The molecule has 1 aliphatic rings. The first kappa shape index (κ1) is 20.6. The monoisotopic (exact) mass is 449 g/mol. The van der Waals surface area contributed by atoms with Crippen LogP contribution in [0.5, 0.6) is 0 Å². The lowest BCUT2D eigenvalue weighted by Crippen LogP contribution is -2.44. The summed E-state index contributed by atoms with van der Waals surface area (Å²) in [6.07, 6.45) is 1.72. The molecule has 164 valence electrons. The molecule has 1 saturated heterocycles. The minimum absolute atomic E-state index is 0.0636. The number of rotatable bonds is 3. The van der Waals surface area contributed by atoms with E-state index in [2.05, 4.69) is 14.8 Å². The van der Waals surface area contributed by atoms with Crippen LogP contribution in [0, 0.1) is 24.0 Å². The average Bonchev–Trinajstić information content (AvgIpc) is 3.25. The van der Waals surface area contributed by atoms with Gasteiger partial charge in [-0.3, -0.25) is 14.9 Å². The number of anilines is 1. The second kappa shape index (κ2) is 7.68. The van der Waals surface area contributed by atoms with Gasteiger partial charge in [0, 0.05) is 32.2 Å². The summed E-state index contributed by atoms with van der Waals surface area (Å²) in [5, 5.41) is 11.8. The first-order valence-electron chi connectivity index (χ1n) is 10.5. The maximum Gasteiger partial charge on any atom is 0.293 e. The lowest BCUT2D eigenvalue weighted by molar-refractivity contribution is -0.384. The first-order chi connectivity index (χ1) is 15.3. The summed E-state index contributed by atoms with van der Waals surface area (Å²) in [5.41, 5.74) is 5.00. The second-order valence-electron chi connectivity index (χ2n) is 8.37. The normalized spacial score (nSPS) is 15.8. The Bertz CT molecular complexity index is 1480. The molecule has 0 aliphatic carbocycles. The van der Waals surface area contributed by atoms with E-state index < -0.39 is 0 Å². The van der Waals surface area contributed by atoms with Crippen LogP contribution in [-0.2, 0) is 0 Å². The lowest BCUT2D eigenvalue weighted by Gasteiger charge is -2.33. The lowest BCUT2D eigenvalue weighted by atomic mass is 10.1. The van der Waals surface area contributed by atoms with Crippen LogP contribution in [0.4, 0.5) is 11.4 Å². The van der Waals surface area contributed by atoms with Crippen LogP contribution >= 0.6 is 11.3 Å². The van der Waals surface area contributed by atoms with Crippen molar-refractivity contribution in [3.8, 4) is 0 Å². The van der Waals surface area contributed by atoms with E-state index in [0.29, 0.717) is 20.7 Å². The van der Waals surface area contributed by atoms with Crippen molar-refractivity contribution in [2.75, 3.05) is 38.1 Å². The summed E-state index contributed by atoms with van der Waals surface area (Å²) in [5.74, 6) is 0. The number of nitro groups is 1. The number of piperazine rings is 1. The van der Waals surface area contributed by atoms with E-state index in [1.165, 1.54) is 11.3 Å². The van der Waals surface area contributed by atoms with Crippen molar-refractivity contribution in [2.24, 2.45) is 0 Å². The minimum atomic E-state index is -0.344.